The number of carbonyl (C=O) groups excluding carboxylic acids is 2. The van der Waals surface area contributed by atoms with Crippen LogP contribution < -0.4 is 10.2 Å². The molecular weight excluding hydrogens is 295 g/mol. The molecule has 0 atom stereocenters. The third-order valence-electron chi connectivity index (χ3n) is 2.61. The van der Waals surface area contributed by atoms with Crippen LogP contribution in [0.4, 0.5) is 10.5 Å². The van der Waals surface area contributed by atoms with Crippen molar-refractivity contribution in [3.05, 3.63) is 27.7 Å². The second-order valence-corrected chi connectivity index (χ2v) is 4.66. The number of carbonyl (C=O) groups is 3. The van der Waals surface area contributed by atoms with Crippen LogP contribution in [0.1, 0.15) is 16.8 Å². The topological polar surface area (TPSA) is 86.7 Å². The molecule has 0 unspecified atom stereocenters. The summed E-state index contributed by atoms with van der Waals surface area (Å²) in [4.78, 5) is 34.9. The minimum Gasteiger partial charge on any atom is -0.478 e. The number of urea groups is 1. The smallest absolute Gasteiger partial charge is 0.337 e. The number of benzene rings is 1. The summed E-state index contributed by atoms with van der Waals surface area (Å²) in [6.07, 6.45) is 0.118. The number of amides is 3. The molecule has 0 aromatic heterocycles. The van der Waals surface area contributed by atoms with Crippen molar-refractivity contribution in [2.24, 2.45) is 0 Å². The molecule has 0 spiro atoms. The third-order valence-corrected chi connectivity index (χ3v) is 3.23. The Labute approximate surface area is 117 Å². The first-order chi connectivity index (χ1) is 8.90. The van der Waals surface area contributed by atoms with Gasteiger partial charge in [-0.05, 0) is 12.1 Å². The van der Waals surface area contributed by atoms with Crippen LogP contribution in [0.3, 0.4) is 0 Å². The van der Waals surface area contributed by atoms with Gasteiger partial charge >= 0.3 is 12.0 Å². The van der Waals surface area contributed by atoms with E-state index in [2.05, 4.69) is 5.32 Å². The summed E-state index contributed by atoms with van der Waals surface area (Å²) >= 11 is 11.7. The number of hydrogen-bond acceptors (Lipinski definition) is 3. The van der Waals surface area contributed by atoms with Crippen molar-refractivity contribution < 1.29 is 19.5 Å². The van der Waals surface area contributed by atoms with Gasteiger partial charge in [-0.2, -0.15) is 0 Å². The molecular formula is C11H8Cl2N2O4. The molecule has 1 saturated heterocycles. The van der Waals surface area contributed by atoms with Crippen molar-refractivity contribution in [3.8, 4) is 0 Å². The highest BCUT2D eigenvalue weighted by atomic mass is 35.5. The van der Waals surface area contributed by atoms with E-state index in [0.717, 1.165) is 0 Å². The first kappa shape index (κ1) is 13.6. The lowest BCUT2D eigenvalue weighted by Gasteiger charge is -2.27. The number of carboxylic acids is 1. The molecule has 1 aromatic rings. The normalized spacial score (nSPS) is 15.4. The van der Waals surface area contributed by atoms with E-state index in [1.165, 1.54) is 17.0 Å². The maximum atomic E-state index is 11.7. The molecule has 2 rings (SSSR count). The van der Waals surface area contributed by atoms with Crippen molar-refractivity contribution in [2.75, 3.05) is 11.4 Å². The Bertz CT molecular complexity index is 588. The van der Waals surface area contributed by atoms with E-state index in [0.29, 0.717) is 0 Å². The molecule has 2 N–H and O–H groups in total. The van der Waals surface area contributed by atoms with Gasteiger partial charge in [0, 0.05) is 13.0 Å². The van der Waals surface area contributed by atoms with Crippen LogP contribution >= 0.6 is 23.2 Å². The van der Waals surface area contributed by atoms with Gasteiger partial charge in [0.25, 0.3) is 0 Å². The summed E-state index contributed by atoms with van der Waals surface area (Å²) < 4.78 is 0. The van der Waals surface area contributed by atoms with Crippen LogP contribution in [0.5, 0.6) is 0 Å². The highest BCUT2D eigenvalue weighted by Crippen LogP contribution is 2.32. The lowest BCUT2D eigenvalue weighted by Crippen LogP contribution is -2.49. The van der Waals surface area contributed by atoms with Crippen LogP contribution in [-0.4, -0.2) is 29.6 Å². The van der Waals surface area contributed by atoms with Gasteiger partial charge in [0.1, 0.15) is 0 Å². The summed E-state index contributed by atoms with van der Waals surface area (Å²) in [5, 5.41) is 11.2. The predicted molar refractivity (Wildman–Crippen MR) is 68.9 cm³/mol. The Balaban J connectivity index is 2.44. The molecule has 1 aliphatic rings. The highest BCUT2D eigenvalue weighted by molar-refractivity contribution is 6.38. The van der Waals surface area contributed by atoms with Gasteiger partial charge in [0.2, 0.25) is 5.91 Å². The molecule has 100 valence electrons. The number of hydrogen-bond donors (Lipinski definition) is 2. The average molecular weight is 303 g/mol. The van der Waals surface area contributed by atoms with Crippen LogP contribution in [0, 0.1) is 0 Å². The zero-order valence-corrected chi connectivity index (χ0v) is 11.0. The van der Waals surface area contributed by atoms with Gasteiger partial charge in [0.15, 0.2) is 0 Å². The van der Waals surface area contributed by atoms with Gasteiger partial charge < -0.3 is 5.11 Å². The van der Waals surface area contributed by atoms with Crippen LogP contribution in [-0.2, 0) is 4.79 Å². The summed E-state index contributed by atoms with van der Waals surface area (Å²) in [7, 11) is 0. The van der Waals surface area contributed by atoms with Crippen LogP contribution in [0.25, 0.3) is 0 Å². The van der Waals surface area contributed by atoms with E-state index in [-0.39, 0.29) is 40.2 Å². The van der Waals surface area contributed by atoms with Crippen LogP contribution in [0.15, 0.2) is 12.1 Å². The van der Waals surface area contributed by atoms with E-state index in [4.69, 9.17) is 28.3 Å². The molecule has 1 aliphatic heterocycles. The second kappa shape index (κ2) is 5.07. The predicted octanol–water partition coefficient (Wildman–Crippen LogP) is 2.14. The number of rotatable bonds is 2. The SMILES string of the molecule is O=C1CCN(c2cc(C(=O)O)c(Cl)cc2Cl)C(=O)N1. The molecule has 3 amide bonds. The Hall–Kier alpha value is -1.79. The molecule has 8 heteroatoms. The van der Waals surface area contributed by atoms with Crippen molar-refractivity contribution in [1.82, 2.24) is 5.32 Å². The first-order valence-electron chi connectivity index (χ1n) is 5.24. The fourth-order valence-corrected chi connectivity index (χ4v) is 2.27. The third kappa shape index (κ3) is 2.64. The largest absolute Gasteiger partial charge is 0.478 e. The van der Waals surface area contributed by atoms with E-state index in [1.807, 2.05) is 0 Å². The fourth-order valence-electron chi connectivity index (χ4n) is 1.70. The van der Waals surface area contributed by atoms with Crippen LogP contribution in [0.2, 0.25) is 10.0 Å². The molecule has 0 aliphatic carbocycles. The van der Waals surface area contributed by atoms with E-state index in [9.17, 15) is 14.4 Å². The minimum atomic E-state index is -1.23. The average Bonchev–Trinajstić information content (AvgIpc) is 2.30. The number of imide groups is 1. The lowest BCUT2D eigenvalue weighted by molar-refractivity contribution is -0.120. The quantitative estimate of drug-likeness (QED) is 0.876. The van der Waals surface area contributed by atoms with Gasteiger partial charge in [-0.15, -0.1) is 0 Å². The summed E-state index contributed by atoms with van der Waals surface area (Å²) in [5.41, 5.74) is 0.0410. The maximum Gasteiger partial charge on any atom is 0.337 e. The highest BCUT2D eigenvalue weighted by Gasteiger charge is 2.27. The van der Waals surface area contributed by atoms with E-state index >= 15 is 0 Å². The lowest BCUT2D eigenvalue weighted by atomic mass is 10.1. The fraction of sp³-hybridized carbons (Fsp3) is 0.182. The zero-order valence-electron chi connectivity index (χ0n) is 9.44. The molecule has 0 bridgehead atoms. The molecule has 0 radical (unpaired) electrons. The number of carboxylic acid groups (broad SMARTS) is 1. The molecule has 6 nitrogen and oxygen atoms in total. The van der Waals surface area contributed by atoms with Crippen molar-refractivity contribution in [1.29, 1.82) is 0 Å². The maximum absolute atomic E-state index is 11.7. The molecule has 1 aromatic carbocycles. The Kier molecular flexibility index (Phi) is 3.64. The van der Waals surface area contributed by atoms with E-state index < -0.39 is 12.0 Å². The Morgan fingerprint density at radius 1 is 1.26 bits per heavy atom. The Morgan fingerprint density at radius 2 is 1.95 bits per heavy atom. The summed E-state index contributed by atoms with van der Waals surface area (Å²) in [5.74, 6) is -1.61. The second-order valence-electron chi connectivity index (χ2n) is 3.84. The van der Waals surface area contributed by atoms with Gasteiger partial charge in [-0.25, -0.2) is 9.59 Å². The number of anilines is 1. The molecule has 1 heterocycles. The zero-order chi connectivity index (χ0) is 14.2. The molecule has 0 saturated carbocycles. The first-order valence-corrected chi connectivity index (χ1v) is 5.99. The minimum absolute atomic E-state index is 0.0188. The monoisotopic (exact) mass is 302 g/mol. The van der Waals surface area contributed by atoms with Crippen molar-refractivity contribution >= 4 is 46.8 Å². The summed E-state index contributed by atoms with van der Waals surface area (Å²) in [6.45, 7) is 0.130. The van der Waals surface area contributed by atoms with Gasteiger partial charge in [0.05, 0.1) is 21.3 Å². The van der Waals surface area contributed by atoms with Gasteiger partial charge in [-0.3, -0.25) is 15.0 Å². The Morgan fingerprint density at radius 3 is 2.53 bits per heavy atom. The standard InChI is InChI=1S/C11H8Cl2N2O4/c12-6-4-7(13)8(3-5(6)10(17)18)15-2-1-9(16)14-11(15)19/h3-4H,1-2H2,(H,17,18)(H,14,16,19). The summed E-state index contributed by atoms with van der Waals surface area (Å²) in [6, 6.07) is 1.82. The number of halogens is 2. The number of aromatic carboxylic acids is 1. The number of nitrogens with one attached hydrogen (secondary N) is 1. The molecule has 19 heavy (non-hydrogen) atoms. The number of nitrogens with zero attached hydrogens (tertiary/aromatic N) is 1. The molecule has 1 fully saturated rings. The van der Waals surface area contributed by atoms with Crippen molar-refractivity contribution in [3.63, 3.8) is 0 Å². The van der Waals surface area contributed by atoms with Gasteiger partial charge in [-0.1, -0.05) is 23.2 Å². The van der Waals surface area contributed by atoms with E-state index in [1.54, 1.807) is 0 Å². The van der Waals surface area contributed by atoms with Crippen molar-refractivity contribution in [2.45, 2.75) is 6.42 Å².